The largest absolute Gasteiger partial charge is 0.370 e. The van der Waals surface area contributed by atoms with Gasteiger partial charge in [0.1, 0.15) is 0 Å². The number of primary amides is 1. The zero-order valence-corrected chi connectivity index (χ0v) is 13.3. The predicted molar refractivity (Wildman–Crippen MR) is 88.0 cm³/mol. The molecule has 0 spiro atoms. The number of para-hydroxylation sites is 1. The van der Waals surface area contributed by atoms with E-state index < -0.39 is 11.8 Å². The van der Waals surface area contributed by atoms with Crippen molar-refractivity contribution in [2.75, 3.05) is 24.5 Å². The molecule has 0 aromatic heterocycles. The molecular weight excluding hydrogens is 290 g/mol. The Balaban J connectivity index is 1.68. The fourth-order valence-corrected chi connectivity index (χ4v) is 4.66. The van der Waals surface area contributed by atoms with Gasteiger partial charge in [0.15, 0.2) is 0 Å². The van der Waals surface area contributed by atoms with Crippen molar-refractivity contribution in [2.24, 2.45) is 11.7 Å². The normalized spacial score (nSPS) is 32.7. The van der Waals surface area contributed by atoms with Crippen molar-refractivity contribution >= 4 is 17.5 Å². The lowest BCUT2D eigenvalue weighted by Gasteiger charge is -2.46. The lowest BCUT2D eigenvalue weighted by molar-refractivity contribution is -0.125. The number of rotatable bonds is 3. The summed E-state index contributed by atoms with van der Waals surface area (Å²) in [6, 6.07) is 8.16. The van der Waals surface area contributed by atoms with E-state index in [9.17, 15) is 9.59 Å². The molecule has 3 aliphatic rings. The van der Waals surface area contributed by atoms with Crippen molar-refractivity contribution in [3.05, 3.63) is 29.8 Å². The molecule has 2 saturated heterocycles. The third-order valence-corrected chi connectivity index (χ3v) is 5.67. The average Bonchev–Trinajstić information content (AvgIpc) is 2.81. The van der Waals surface area contributed by atoms with E-state index in [1.807, 2.05) is 29.2 Å². The van der Waals surface area contributed by atoms with Crippen LogP contribution in [-0.2, 0) is 9.59 Å². The fourth-order valence-electron chi connectivity index (χ4n) is 4.66. The van der Waals surface area contributed by atoms with Crippen molar-refractivity contribution in [2.45, 2.75) is 37.6 Å². The fraction of sp³-hybridized carbons (Fsp3) is 0.556. The molecular formula is C18H23N3O2. The van der Waals surface area contributed by atoms with Gasteiger partial charge >= 0.3 is 0 Å². The summed E-state index contributed by atoms with van der Waals surface area (Å²) in [5.41, 5.74) is 7.34. The molecule has 4 unspecified atom stereocenters. The van der Waals surface area contributed by atoms with Gasteiger partial charge in [-0.15, -0.1) is 0 Å². The van der Waals surface area contributed by atoms with Gasteiger partial charge in [0, 0.05) is 31.2 Å². The minimum atomic E-state index is -0.410. The van der Waals surface area contributed by atoms with Crippen LogP contribution in [0.25, 0.3) is 0 Å². The minimum Gasteiger partial charge on any atom is -0.370 e. The maximum absolute atomic E-state index is 13.1. The van der Waals surface area contributed by atoms with Gasteiger partial charge in [0.05, 0.1) is 5.92 Å². The van der Waals surface area contributed by atoms with E-state index in [-0.39, 0.29) is 18.4 Å². The van der Waals surface area contributed by atoms with Crippen LogP contribution in [0.1, 0.15) is 37.2 Å². The molecule has 1 aromatic carbocycles. The number of hydrogen-bond donors (Lipinski definition) is 1. The third-order valence-electron chi connectivity index (χ3n) is 5.67. The number of nitrogens with zero attached hydrogens (tertiary/aromatic N) is 2. The summed E-state index contributed by atoms with van der Waals surface area (Å²) in [4.78, 5) is 29.0. The summed E-state index contributed by atoms with van der Waals surface area (Å²) in [6.45, 7) is 3.35. The van der Waals surface area contributed by atoms with Crippen LogP contribution in [0.15, 0.2) is 24.3 Å². The molecule has 2 N–H and O–H groups in total. The van der Waals surface area contributed by atoms with E-state index in [1.165, 1.54) is 19.4 Å². The molecule has 23 heavy (non-hydrogen) atoms. The van der Waals surface area contributed by atoms with E-state index in [1.54, 1.807) is 0 Å². The second kappa shape index (κ2) is 5.64. The summed E-state index contributed by atoms with van der Waals surface area (Å²) < 4.78 is 0. The van der Waals surface area contributed by atoms with E-state index >= 15 is 0 Å². The number of fused-ring (bicyclic) bond motifs is 3. The first kappa shape index (κ1) is 14.7. The van der Waals surface area contributed by atoms with Gasteiger partial charge in [0.25, 0.3) is 0 Å². The number of benzene rings is 1. The predicted octanol–water partition coefficient (Wildman–Crippen LogP) is 1.48. The number of piperidine rings is 2. The molecule has 0 saturated carbocycles. The van der Waals surface area contributed by atoms with Crippen LogP contribution < -0.4 is 10.6 Å². The number of hydrogen-bond acceptors (Lipinski definition) is 3. The number of carbonyl (C=O) groups excluding carboxylic acids is 2. The zero-order valence-electron chi connectivity index (χ0n) is 13.3. The van der Waals surface area contributed by atoms with Gasteiger partial charge in [-0.1, -0.05) is 18.2 Å². The van der Waals surface area contributed by atoms with Gasteiger partial charge in [0.2, 0.25) is 11.8 Å². The monoisotopic (exact) mass is 313 g/mol. The maximum atomic E-state index is 13.1. The molecule has 2 bridgehead atoms. The lowest BCUT2D eigenvalue weighted by atomic mass is 9.84. The Hall–Kier alpha value is -1.88. The van der Waals surface area contributed by atoms with Crippen molar-refractivity contribution in [3.8, 4) is 0 Å². The Morgan fingerprint density at radius 1 is 1.22 bits per heavy atom. The molecule has 5 heteroatoms. The Morgan fingerprint density at radius 2 is 2.04 bits per heavy atom. The van der Waals surface area contributed by atoms with Gasteiger partial charge < -0.3 is 15.5 Å². The van der Waals surface area contributed by atoms with Crippen molar-refractivity contribution in [1.82, 2.24) is 4.90 Å². The highest BCUT2D eigenvalue weighted by Gasteiger charge is 2.45. The van der Waals surface area contributed by atoms with E-state index in [2.05, 4.69) is 4.90 Å². The Labute approximate surface area is 136 Å². The molecule has 4 atom stereocenters. The van der Waals surface area contributed by atoms with Crippen LogP contribution in [0.3, 0.4) is 0 Å². The second-order valence-electron chi connectivity index (χ2n) is 7.05. The topological polar surface area (TPSA) is 66.6 Å². The summed E-state index contributed by atoms with van der Waals surface area (Å²) >= 11 is 0. The highest BCUT2D eigenvalue weighted by atomic mass is 16.2. The third kappa shape index (κ3) is 2.43. The maximum Gasteiger partial charge on any atom is 0.235 e. The van der Waals surface area contributed by atoms with E-state index in [0.717, 1.165) is 30.8 Å². The number of carbonyl (C=O) groups is 2. The van der Waals surface area contributed by atoms with Gasteiger partial charge in [-0.05, 0) is 43.4 Å². The van der Waals surface area contributed by atoms with Gasteiger partial charge in [-0.3, -0.25) is 9.59 Å². The highest BCUT2D eigenvalue weighted by molar-refractivity contribution is 6.07. The van der Waals surface area contributed by atoms with Crippen LogP contribution in [0.4, 0.5) is 5.69 Å². The summed E-state index contributed by atoms with van der Waals surface area (Å²) in [6.07, 6.45) is 3.53. The number of nitrogens with two attached hydrogens (primary N) is 1. The van der Waals surface area contributed by atoms with Crippen LogP contribution >= 0.6 is 0 Å². The smallest absolute Gasteiger partial charge is 0.235 e. The van der Waals surface area contributed by atoms with Gasteiger partial charge in [-0.2, -0.15) is 0 Å². The molecule has 3 aliphatic heterocycles. The molecule has 0 aliphatic carbocycles. The molecule has 2 fully saturated rings. The minimum absolute atomic E-state index is 0.0639. The van der Waals surface area contributed by atoms with Crippen molar-refractivity contribution < 1.29 is 9.59 Å². The molecule has 2 amide bonds. The Morgan fingerprint density at radius 3 is 2.87 bits per heavy atom. The standard InChI is InChI=1S/C18H23N3O2/c19-17(22)10-14-13-5-1-2-6-16(13)21(18(14)23)15-7-9-20-8-3-4-12(15)11-20/h1-2,5-6,12,14-15H,3-4,7-11H2,(H2,19,22). The SMILES string of the molecule is NC(=O)CC1C(=O)N(C2CCN3CCCC2C3)c2ccccc21. The van der Waals surface area contributed by atoms with Crippen LogP contribution in [-0.4, -0.2) is 42.4 Å². The summed E-state index contributed by atoms with van der Waals surface area (Å²) in [7, 11) is 0. The number of anilines is 1. The average molecular weight is 313 g/mol. The first-order chi connectivity index (χ1) is 11.1. The van der Waals surface area contributed by atoms with Crippen LogP contribution in [0.2, 0.25) is 0 Å². The quantitative estimate of drug-likeness (QED) is 0.919. The van der Waals surface area contributed by atoms with E-state index in [4.69, 9.17) is 5.73 Å². The Kier molecular flexibility index (Phi) is 3.60. The van der Waals surface area contributed by atoms with Crippen LogP contribution in [0.5, 0.6) is 0 Å². The molecule has 0 radical (unpaired) electrons. The lowest BCUT2D eigenvalue weighted by Crippen LogP contribution is -2.54. The molecule has 122 valence electrons. The first-order valence-corrected chi connectivity index (χ1v) is 8.58. The summed E-state index contributed by atoms with van der Waals surface area (Å²) in [5.74, 6) is -0.200. The van der Waals surface area contributed by atoms with E-state index in [0.29, 0.717) is 5.92 Å². The second-order valence-corrected chi connectivity index (χ2v) is 7.05. The molecule has 5 nitrogen and oxygen atoms in total. The van der Waals surface area contributed by atoms with Crippen molar-refractivity contribution in [3.63, 3.8) is 0 Å². The molecule has 1 aromatic rings. The highest BCUT2D eigenvalue weighted by Crippen LogP contribution is 2.43. The van der Waals surface area contributed by atoms with Gasteiger partial charge in [-0.25, -0.2) is 0 Å². The number of amides is 2. The molecule has 3 heterocycles. The Bertz CT molecular complexity index is 645. The molecule has 4 rings (SSSR count). The van der Waals surface area contributed by atoms with Crippen LogP contribution in [0, 0.1) is 5.92 Å². The summed E-state index contributed by atoms with van der Waals surface area (Å²) in [5, 5.41) is 0. The zero-order chi connectivity index (χ0) is 16.0. The van der Waals surface area contributed by atoms with Crippen molar-refractivity contribution in [1.29, 1.82) is 0 Å². The first-order valence-electron chi connectivity index (χ1n) is 8.58.